The Morgan fingerprint density at radius 3 is 2.21 bits per heavy atom. The molecule has 0 radical (unpaired) electrons. The SMILES string of the molecule is CC(C)CCO[C@@H](C)C(=O)Nc1cccc(NC(=O)C(C)(C)C)c1. The number of ether oxygens (including phenoxy) is 1. The van der Waals surface area contributed by atoms with Gasteiger partial charge in [-0.15, -0.1) is 0 Å². The Hall–Kier alpha value is -1.88. The van der Waals surface area contributed by atoms with E-state index in [0.717, 1.165) is 6.42 Å². The maximum atomic E-state index is 12.2. The Morgan fingerprint density at radius 1 is 1.08 bits per heavy atom. The van der Waals surface area contributed by atoms with Gasteiger partial charge in [0, 0.05) is 23.4 Å². The quantitative estimate of drug-likeness (QED) is 0.790. The van der Waals surface area contributed by atoms with Crippen molar-refractivity contribution in [3.8, 4) is 0 Å². The number of rotatable bonds is 7. The van der Waals surface area contributed by atoms with Crippen LogP contribution in [-0.2, 0) is 14.3 Å². The Bertz CT molecular complexity index is 562. The summed E-state index contributed by atoms with van der Waals surface area (Å²) in [5.41, 5.74) is 0.810. The first-order valence-electron chi connectivity index (χ1n) is 8.43. The molecule has 0 aliphatic heterocycles. The lowest BCUT2D eigenvalue weighted by molar-refractivity contribution is -0.126. The zero-order valence-corrected chi connectivity index (χ0v) is 15.6. The Balaban J connectivity index is 2.60. The molecule has 1 atom stereocenters. The lowest BCUT2D eigenvalue weighted by atomic mass is 9.95. The first kappa shape index (κ1) is 20.2. The van der Waals surface area contributed by atoms with Gasteiger partial charge >= 0.3 is 0 Å². The molecule has 2 amide bonds. The predicted octanol–water partition coefficient (Wildman–Crippen LogP) is 4.06. The highest BCUT2D eigenvalue weighted by Crippen LogP contribution is 2.20. The molecule has 0 unspecified atom stereocenters. The average Bonchev–Trinajstić information content (AvgIpc) is 2.46. The number of carbonyl (C=O) groups excluding carboxylic acids is 2. The highest BCUT2D eigenvalue weighted by molar-refractivity contribution is 5.97. The minimum absolute atomic E-state index is 0.0728. The number of carbonyl (C=O) groups is 2. The molecule has 24 heavy (non-hydrogen) atoms. The molecule has 5 heteroatoms. The lowest BCUT2D eigenvalue weighted by Crippen LogP contribution is -2.29. The summed E-state index contributed by atoms with van der Waals surface area (Å²) >= 11 is 0. The summed E-state index contributed by atoms with van der Waals surface area (Å²) in [5.74, 6) is 0.276. The Morgan fingerprint density at radius 2 is 1.67 bits per heavy atom. The van der Waals surface area contributed by atoms with Crippen LogP contribution < -0.4 is 10.6 Å². The maximum absolute atomic E-state index is 12.2. The Labute approximate surface area is 145 Å². The average molecular weight is 334 g/mol. The topological polar surface area (TPSA) is 67.4 Å². The van der Waals surface area contributed by atoms with Gasteiger partial charge in [0.1, 0.15) is 6.10 Å². The van der Waals surface area contributed by atoms with Gasteiger partial charge in [-0.05, 0) is 37.5 Å². The van der Waals surface area contributed by atoms with E-state index < -0.39 is 11.5 Å². The van der Waals surface area contributed by atoms with E-state index in [2.05, 4.69) is 24.5 Å². The third kappa shape index (κ3) is 7.13. The van der Waals surface area contributed by atoms with Crippen molar-refractivity contribution >= 4 is 23.2 Å². The summed E-state index contributed by atoms with van der Waals surface area (Å²) in [7, 11) is 0. The van der Waals surface area contributed by atoms with Crippen molar-refractivity contribution < 1.29 is 14.3 Å². The van der Waals surface area contributed by atoms with Crippen LogP contribution in [0, 0.1) is 11.3 Å². The first-order chi connectivity index (χ1) is 11.1. The molecule has 0 fully saturated rings. The molecule has 0 spiro atoms. The molecule has 2 N–H and O–H groups in total. The molecule has 5 nitrogen and oxygen atoms in total. The fourth-order valence-electron chi connectivity index (χ4n) is 1.79. The summed E-state index contributed by atoms with van der Waals surface area (Å²) in [5, 5.41) is 5.67. The second-order valence-electron chi connectivity index (χ2n) is 7.47. The molecular formula is C19H30N2O3. The van der Waals surface area contributed by atoms with E-state index in [1.165, 1.54) is 0 Å². The minimum atomic E-state index is -0.517. The van der Waals surface area contributed by atoms with Crippen molar-refractivity contribution in [1.82, 2.24) is 0 Å². The molecule has 0 bridgehead atoms. The standard InChI is InChI=1S/C19H30N2O3/c1-13(2)10-11-24-14(3)17(22)20-15-8-7-9-16(12-15)21-18(23)19(4,5)6/h7-9,12-14H,10-11H2,1-6H3,(H,20,22)(H,21,23)/t14-/m0/s1. The van der Waals surface area contributed by atoms with Gasteiger partial charge in [0.05, 0.1) is 0 Å². The second-order valence-corrected chi connectivity index (χ2v) is 7.47. The van der Waals surface area contributed by atoms with Crippen LogP contribution in [-0.4, -0.2) is 24.5 Å². The number of benzene rings is 1. The van der Waals surface area contributed by atoms with Gasteiger partial charge in [0.25, 0.3) is 5.91 Å². The third-order valence-corrected chi connectivity index (χ3v) is 3.50. The predicted molar refractivity (Wildman–Crippen MR) is 98.0 cm³/mol. The zero-order valence-electron chi connectivity index (χ0n) is 15.6. The van der Waals surface area contributed by atoms with Crippen LogP contribution in [0.3, 0.4) is 0 Å². The molecule has 1 rings (SSSR count). The van der Waals surface area contributed by atoms with E-state index in [-0.39, 0.29) is 11.8 Å². The minimum Gasteiger partial charge on any atom is -0.369 e. The van der Waals surface area contributed by atoms with Gasteiger partial charge in [-0.3, -0.25) is 9.59 Å². The van der Waals surface area contributed by atoms with Crippen LogP contribution in [0.5, 0.6) is 0 Å². The largest absolute Gasteiger partial charge is 0.369 e. The van der Waals surface area contributed by atoms with E-state index >= 15 is 0 Å². The lowest BCUT2D eigenvalue weighted by Gasteiger charge is -2.18. The summed E-state index contributed by atoms with van der Waals surface area (Å²) in [6.07, 6.45) is 0.405. The molecule has 0 aliphatic rings. The summed E-state index contributed by atoms with van der Waals surface area (Å²) in [4.78, 5) is 24.2. The van der Waals surface area contributed by atoms with E-state index in [0.29, 0.717) is 23.9 Å². The smallest absolute Gasteiger partial charge is 0.253 e. The zero-order chi connectivity index (χ0) is 18.3. The van der Waals surface area contributed by atoms with Crippen LogP contribution in [0.4, 0.5) is 11.4 Å². The normalized spacial score (nSPS) is 12.8. The molecular weight excluding hydrogens is 304 g/mol. The number of hydrogen-bond donors (Lipinski definition) is 2. The monoisotopic (exact) mass is 334 g/mol. The van der Waals surface area contributed by atoms with E-state index in [1.807, 2.05) is 20.8 Å². The summed E-state index contributed by atoms with van der Waals surface area (Å²) < 4.78 is 5.54. The van der Waals surface area contributed by atoms with Crippen molar-refractivity contribution in [2.75, 3.05) is 17.2 Å². The van der Waals surface area contributed by atoms with Crippen molar-refractivity contribution in [3.63, 3.8) is 0 Å². The van der Waals surface area contributed by atoms with E-state index in [9.17, 15) is 9.59 Å². The number of nitrogens with one attached hydrogen (secondary N) is 2. The van der Waals surface area contributed by atoms with Crippen LogP contribution in [0.1, 0.15) is 48.0 Å². The molecule has 0 saturated carbocycles. The second kappa shape index (κ2) is 8.83. The van der Waals surface area contributed by atoms with Gasteiger partial charge in [-0.2, -0.15) is 0 Å². The van der Waals surface area contributed by atoms with Crippen molar-refractivity contribution in [2.24, 2.45) is 11.3 Å². The van der Waals surface area contributed by atoms with Crippen LogP contribution in [0.15, 0.2) is 24.3 Å². The number of anilines is 2. The summed E-state index contributed by atoms with van der Waals surface area (Å²) in [6.45, 7) is 12.1. The molecule has 0 aromatic heterocycles. The van der Waals surface area contributed by atoms with Gasteiger partial charge < -0.3 is 15.4 Å². The van der Waals surface area contributed by atoms with Gasteiger partial charge in [0.2, 0.25) is 5.91 Å². The molecule has 0 heterocycles. The van der Waals surface area contributed by atoms with Crippen LogP contribution in [0.2, 0.25) is 0 Å². The first-order valence-corrected chi connectivity index (χ1v) is 8.43. The number of amides is 2. The van der Waals surface area contributed by atoms with E-state index in [4.69, 9.17) is 4.74 Å². The van der Waals surface area contributed by atoms with Gasteiger partial charge in [-0.25, -0.2) is 0 Å². The summed E-state index contributed by atoms with van der Waals surface area (Å²) in [6, 6.07) is 7.11. The fourth-order valence-corrected chi connectivity index (χ4v) is 1.79. The molecule has 0 saturated heterocycles. The van der Waals surface area contributed by atoms with Gasteiger partial charge in [0.15, 0.2) is 0 Å². The molecule has 0 aliphatic carbocycles. The fraction of sp³-hybridized carbons (Fsp3) is 0.579. The van der Waals surface area contributed by atoms with Crippen LogP contribution in [0.25, 0.3) is 0 Å². The third-order valence-electron chi connectivity index (χ3n) is 3.50. The van der Waals surface area contributed by atoms with Gasteiger partial charge in [-0.1, -0.05) is 40.7 Å². The van der Waals surface area contributed by atoms with Crippen LogP contribution >= 0.6 is 0 Å². The van der Waals surface area contributed by atoms with Crippen molar-refractivity contribution in [3.05, 3.63) is 24.3 Å². The number of hydrogen-bond acceptors (Lipinski definition) is 3. The Kier molecular flexibility index (Phi) is 7.42. The molecule has 1 aromatic carbocycles. The van der Waals surface area contributed by atoms with Crippen molar-refractivity contribution in [1.29, 1.82) is 0 Å². The highest BCUT2D eigenvalue weighted by atomic mass is 16.5. The van der Waals surface area contributed by atoms with E-state index in [1.54, 1.807) is 31.2 Å². The molecule has 134 valence electrons. The maximum Gasteiger partial charge on any atom is 0.253 e. The van der Waals surface area contributed by atoms with Crippen molar-refractivity contribution in [2.45, 2.75) is 54.1 Å². The highest BCUT2D eigenvalue weighted by Gasteiger charge is 2.21. The molecule has 1 aromatic rings.